The normalized spacial score (nSPS) is 40.9. The van der Waals surface area contributed by atoms with Crippen LogP contribution in [0.25, 0.3) is 0 Å². The highest BCUT2D eigenvalue weighted by Crippen LogP contribution is 2.41. The Morgan fingerprint density at radius 1 is 1.26 bits per heavy atom. The molecule has 0 bridgehead atoms. The highest BCUT2D eigenvalue weighted by Gasteiger charge is 2.61. The van der Waals surface area contributed by atoms with E-state index in [-0.39, 0.29) is 6.61 Å². The number of hydrogen-bond donors (Lipinski definition) is 2. The Morgan fingerprint density at radius 2 is 1.96 bits per heavy atom. The molecule has 0 saturated carbocycles. The third-order valence-electron chi connectivity index (χ3n) is 4.16. The molecular formula is C15H18Cl2O6. The second kappa shape index (κ2) is 6.82. The van der Waals surface area contributed by atoms with Gasteiger partial charge in [0.2, 0.25) is 0 Å². The van der Waals surface area contributed by atoms with Crippen LogP contribution in [0.3, 0.4) is 0 Å². The summed E-state index contributed by atoms with van der Waals surface area (Å²) in [5.41, 5.74) is -1.22. The molecule has 2 aliphatic rings. The van der Waals surface area contributed by atoms with Crippen LogP contribution >= 0.6 is 23.2 Å². The lowest BCUT2D eigenvalue weighted by Crippen LogP contribution is -2.71. The van der Waals surface area contributed by atoms with Gasteiger partial charge in [0.1, 0.15) is 23.1 Å². The third kappa shape index (κ3) is 2.99. The van der Waals surface area contributed by atoms with Crippen LogP contribution in [0.1, 0.15) is 11.9 Å². The van der Waals surface area contributed by atoms with Crippen molar-refractivity contribution < 1.29 is 29.2 Å². The van der Waals surface area contributed by atoms with E-state index in [1.807, 2.05) is 30.3 Å². The van der Waals surface area contributed by atoms with E-state index in [1.165, 1.54) is 7.11 Å². The number of ether oxygens (including phenoxy) is 4. The Labute approximate surface area is 143 Å². The van der Waals surface area contributed by atoms with Crippen LogP contribution < -0.4 is 0 Å². The highest BCUT2D eigenvalue weighted by atomic mass is 35.5. The number of aliphatic hydroxyl groups excluding tert-OH is 1. The van der Waals surface area contributed by atoms with Gasteiger partial charge in [0.25, 0.3) is 0 Å². The minimum Gasteiger partial charge on any atom is -0.387 e. The molecule has 0 amide bonds. The molecule has 1 unspecified atom stereocenters. The van der Waals surface area contributed by atoms with Gasteiger partial charge in [0.15, 0.2) is 18.2 Å². The number of aliphatic hydroxyl groups is 2. The number of hydrogen-bond acceptors (Lipinski definition) is 6. The van der Waals surface area contributed by atoms with Gasteiger partial charge in [-0.15, -0.1) is 23.2 Å². The van der Waals surface area contributed by atoms with Gasteiger partial charge >= 0.3 is 0 Å². The minimum absolute atomic E-state index is 0.173. The van der Waals surface area contributed by atoms with Crippen LogP contribution in [0.15, 0.2) is 30.3 Å². The lowest BCUT2D eigenvalue weighted by molar-refractivity contribution is -0.381. The van der Waals surface area contributed by atoms with Gasteiger partial charge in [0, 0.05) is 12.7 Å². The van der Waals surface area contributed by atoms with Crippen molar-refractivity contribution in [3.8, 4) is 0 Å². The topological polar surface area (TPSA) is 77.4 Å². The van der Waals surface area contributed by atoms with Crippen LogP contribution in [-0.4, -0.2) is 59.0 Å². The maximum atomic E-state index is 10.7. The van der Waals surface area contributed by atoms with Crippen LogP contribution in [0, 0.1) is 0 Å². The molecule has 0 aromatic heterocycles. The van der Waals surface area contributed by atoms with Gasteiger partial charge in [-0.25, -0.2) is 0 Å². The summed E-state index contributed by atoms with van der Waals surface area (Å²) in [6, 6.07) is 9.27. The summed E-state index contributed by atoms with van der Waals surface area (Å²) >= 11 is 11.7. The maximum Gasteiger partial charge on any atom is 0.191 e. The number of halogens is 2. The van der Waals surface area contributed by atoms with Crippen molar-refractivity contribution in [2.75, 3.05) is 13.7 Å². The summed E-state index contributed by atoms with van der Waals surface area (Å²) < 4.78 is 22.1. The predicted octanol–water partition coefficient (Wildman–Crippen LogP) is 1.37. The molecule has 2 saturated heterocycles. The first kappa shape index (κ1) is 17.4. The smallest absolute Gasteiger partial charge is 0.191 e. The first-order valence-corrected chi connectivity index (χ1v) is 8.04. The summed E-state index contributed by atoms with van der Waals surface area (Å²) in [7, 11) is 1.33. The zero-order chi connectivity index (χ0) is 16.6. The van der Waals surface area contributed by atoms with Gasteiger partial charge in [-0.3, -0.25) is 0 Å². The van der Waals surface area contributed by atoms with E-state index in [0.717, 1.165) is 5.56 Å². The van der Waals surface area contributed by atoms with E-state index in [0.29, 0.717) is 0 Å². The number of methoxy groups -OCH3 is 1. The Morgan fingerprint density at radius 3 is 2.57 bits per heavy atom. The number of fused-ring (bicyclic) bond motifs is 1. The van der Waals surface area contributed by atoms with Crippen molar-refractivity contribution in [2.24, 2.45) is 0 Å². The van der Waals surface area contributed by atoms with E-state index in [1.54, 1.807) is 0 Å². The molecule has 23 heavy (non-hydrogen) atoms. The average Bonchev–Trinajstić information content (AvgIpc) is 2.58. The molecule has 0 aliphatic carbocycles. The van der Waals surface area contributed by atoms with Crippen LogP contribution in [0.2, 0.25) is 0 Å². The number of alkyl halides is 2. The van der Waals surface area contributed by atoms with Gasteiger partial charge in [-0.05, 0) is 0 Å². The molecular weight excluding hydrogens is 347 g/mol. The highest BCUT2D eigenvalue weighted by molar-refractivity contribution is 6.45. The molecule has 2 aliphatic heterocycles. The van der Waals surface area contributed by atoms with Gasteiger partial charge < -0.3 is 29.2 Å². The van der Waals surface area contributed by atoms with Crippen molar-refractivity contribution >= 4 is 23.2 Å². The van der Waals surface area contributed by atoms with E-state index in [9.17, 15) is 10.2 Å². The molecule has 1 aromatic rings. The Kier molecular flexibility index (Phi) is 5.15. The molecule has 2 fully saturated rings. The zero-order valence-corrected chi connectivity index (χ0v) is 13.9. The van der Waals surface area contributed by atoms with Crippen molar-refractivity contribution in [1.82, 2.24) is 0 Å². The quantitative estimate of drug-likeness (QED) is 0.788. The van der Waals surface area contributed by atoms with Crippen LogP contribution in [0.4, 0.5) is 0 Å². The molecule has 3 rings (SSSR count). The summed E-state index contributed by atoms with van der Waals surface area (Å²) in [5, 5.41) is 21.3. The van der Waals surface area contributed by atoms with Crippen molar-refractivity contribution in [1.29, 1.82) is 0 Å². The largest absolute Gasteiger partial charge is 0.387 e. The first-order chi connectivity index (χ1) is 11.0. The van der Waals surface area contributed by atoms with Crippen LogP contribution in [0.5, 0.6) is 0 Å². The lowest BCUT2D eigenvalue weighted by atomic mass is 9.87. The van der Waals surface area contributed by atoms with Crippen molar-refractivity contribution in [3.05, 3.63) is 35.9 Å². The molecule has 6 nitrogen and oxygen atoms in total. The summed E-state index contributed by atoms with van der Waals surface area (Å²) in [5.74, 6) is 0. The zero-order valence-electron chi connectivity index (χ0n) is 12.3. The van der Waals surface area contributed by atoms with Gasteiger partial charge in [0.05, 0.1) is 6.61 Å². The monoisotopic (exact) mass is 364 g/mol. The molecule has 128 valence electrons. The Bertz CT molecular complexity index is 530. The summed E-state index contributed by atoms with van der Waals surface area (Å²) in [6.45, 7) is 0.173. The van der Waals surface area contributed by atoms with Crippen LogP contribution in [-0.2, 0) is 18.9 Å². The Hall–Kier alpha value is -0.440. The minimum atomic E-state index is -2.02. The standard InChI is InChI=1S/C15H18Cl2O6/c1-20-14-15(19,13(16)17)11(18)10-9(22-14)7-21-12(23-10)8-5-3-2-4-6-8/h2-6,9-14,18-19H,7H2,1H3/t9-,10-,11+,12?,14+,15+/m1/s1. The lowest BCUT2D eigenvalue weighted by Gasteiger charge is -2.51. The van der Waals surface area contributed by atoms with E-state index in [4.69, 9.17) is 42.1 Å². The van der Waals surface area contributed by atoms with E-state index < -0.39 is 41.3 Å². The third-order valence-corrected chi connectivity index (χ3v) is 4.85. The van der Waals surface area contributed by atoms with Crippen molar-refractivity contribution in [3.63, 3.8) is 0 Å². The summed E-state index contributed by atoms with van der Waals surface area (Å²) in [4.78, 5) is -1.33. The fourth-order valence-corrected chi connectivity index (χ4v) is 3.34. The maximum absolute atomic E-state index is 10.7. The summed E-state index contributed by atoms with van der Waals surface area (Å²) in [6.07, 6.45) is -4.74. The molecule has 0 radical (unpaired) electrons. The van der Waals surface area contributed by atoms with E-state index >= 15 is 0 Å². The predicted molar refractivity (Wildman–Crippen MR) is 82.1 cm³/mol. The average molecular weight is 365 g/mol. The SMILES string of the molecule is CO[C@H]1O[C@@H]2COC(c3ccccc3)O[C@H]2[C@H](O)[C@]1(O)C(Cl)Cl. The molecule has 8 heteroatoms. The fourth-order valence-electron chi connectivity index (χ4n) is 2.87. The molecule has 0 spiro atoms. The number of benzene rings is 1. The van der Waals surface area contributed by atoms with Gasteiger partial charge in [-0.2, -0.15) is 0 Å². The first-order valence-electron chi connectivity index (χ1n) is 7.17. The molecule has 1 aromatic carbocycles. The number of rotatable bonds is 3. The Balaban J connectivity index is 1.84. The van der Waals surface area contributed by atoms with E-state index in [2.05, 4.69) is 0 Å². The molecule has 2 heterocycles. The molecule has 2 N–H and O–H groups in total. The van der Waals surface area contributed by atoms with Crippen molar-refractivity contribution in [2.45, 2.75) is 41.3 Å². The fraction of sp³-hybridized carbons (Fsp3) is 0.600. The molecule has 6 atom stereocenters. The second-order valence-corrected chi connectivity index (χ2v) is 6.65. The second-order valence-electron chi connectivity index (χ2n) is 5.55. The van der Waals surface area contributed by atoms with Gasteiger partial charge in [-0.1, -0.05) is 30.3 Å².